The molecule has 0 saturated carbocycles. The number of pyridine rings is 1. The van der Waals surface area contributed by atoms with Gasteiger partial charge in [0.1, 0.15) is 17.0 Å². The Labute approximate surface area is 151 Å². The zero-order valence-corrected chi connectivity index (χ0v) is 14.7. The van der Waals surface area contributed by atoms with Crippen LogP contribution >= 0.6 is 0 Å². The number of aromatic nitrogens is 4. The fourth-order valence-electron chi connectivity index (χ4n) is 3.45. The van der Waals surface area contributed by atoms with Gasteiger partial charge in [-0.05, 0) is 44.7 Å². The number of nitrogens with zero attached hydrogens (tertiary/aromatic N) is 4. The van der Waals surface area contributed by atoms with Crippen molar-refractivity contribution in [1.82, 2.24) is 25.2 Å². The van der Waals surface area contributed by atoms with Crippen LogP contribution in [0.4, 0.5) is 0 Å². The zero-order chi connectivity index (χ0) is 17.9. The van der Waals surface area contributed by atoms with Gasteiger partial charge in [-0.3, -0.25) is 14.5 Å². The SMILES string of the molecule is Cc1oncc1C(=O)NCCn1nc(-c2ccccn2)c2c1CCCC2. The molecule has 0 fully saturated rings. The normalized spacial score (nSPS) is 13.4. The fourth-order valence-corrected chi connectivity index (χ4v) is 3.45. The number of carbonyl (C=O) groups is 1. The van der Waals surface area contributed by atoms with Gasteiger partial charge in [-0.1, -0.05) is 11.2 Å². The van der Waals surface area contributed by atoms with Gasteiger partial charge in [0.2, 0.25) is 0 Å². The van der Waals surface area contributed by atoms with Gasteiger partial charge in [0.15, 0.2) is 0 Å². The Morgan fingerprint density at radius 3 is 2.96 bits per heavy atom. The summed E-state index contributed by atoms with van der Waals surface area (Å²) in [5, 5.41) is 11.4. The van der Waals surface area contributed by atoms with Gasteiger partial charge in [-0.25, -0.2) is 0 Å². The highest BCUT2D eigenvalue weighted by molar-refractivity contribution is 5.94. The first-order valence-corrected chi connectivity index (χ1v) is 8.93. The summed E-state index contributed by atoms with van der Waals surface area (Å²) in [7, 11) is 0. The quantitative estimate of drug-likeness (QED) is 0.763. The van der Waals surface area contributed by atoms with Crippen molar-refractivity contribution in [2.24, 2.45) is 0 Å². The summed E-state index contributed by atoms with van der Waals surface area (Å²) in [6.07, 6.45) is 7.65. The molecule has 0 spiro atoms. The highest BCUT2D eigenvalue weighted by atomic mass is 16.5. The van der Waals surface area contributed by atoms with Crippen molar-refractivity contribution >= 4 is 5.91 Å². The molecule has 1 aliphatic rings. The molecule has 1 aliphatic carbocycles. The van der Waals surface area contributed by atoms with Crippen molar-refractivity contribution in [3.05, 3.63) is 53.2 Å². The lowest BCUT2D eigenvalue weighted by Crippen LogP contribution is -2.28. The minimum absolute atomic E-state index is 0.172. The lowest BCUT2D eigenvalue weighted by atomic mass is 9.95. The van der Waals surface area contributed by atoms with Gasteiger partial charge in [-0.15, -0.1) is 0 Å². The van der Waals surface area contributed by atoms with E-state index in [4.69, 9.17) is 9.62 Å². The number of carbonyl (C=O) groups excluding carboxylic acids is 1. The summed E-state index contributed by atoms with van der Waals surface area (Å²) in [5.41, 5.74) is 4.93. The Bertz CT molecular complexity index is 913. The summed E-state index contributed by atoms with van der Waals surface area (Å²) in [6, 6.07) is 5.89. The van der Waals surface area contributed by atoms with Gasteiger partial charge >= 0.3 is 0 Å². The second-order valence-electron chi connectivity index (χ2n) is 6.47. The molecule has 4 rings (SSSR count). The van der Waals surface area contributed by atoms with Gasteiger partial charge in [0, 0.05) is 24.0 Å². The standard InChI is InChI=1S/C19H21N5O2/c1-13-15(12-22-26-13)19(25)21-10-11-24-17-8-3-2-6-14(17)18(23-24)16-7-4-5-9-20-16/h4-5,7,9,12H,2-3,6,8,10-11H2,1H3,(H,21,25). The third-order valence-electron chi connectivity index (χ3n) is 4.77. The van der Waals surface area contributed by atoms with E-state index < -0.39 is 0 Å². The molecule has 7 heteroatoms. The molecular formula is C19H21N5O2. The van der Waals surface area contributed by atoms with E-state index in [-0.39, 0.29) is 5.91 Å². The van der Waals surface area contributed by atoms with Crippen LogP contribution in [0.2, 0.25) is 0 Å². The number of fused-ring (bicyclic) bond motifs is 1. The number of aryl methyl sites for hydroxylation is 1. The average Bonchev–Trinajstić information content (AvgIpc) is 3.26. The molecule has 26 heavy (non-hydrogen) atoms. The largest absolute Gasteiger partial charge is 0.361 e. The lowest BCUT2D eigenvalue weighted by Gasteiger charge is -2.14. The smallest absolute Gasteiger partial charge is 0.256 e. The topological polar surface area (TPSA) is 85.8 Å². The van der Waals surface area contributed by atoms with E-state index in [1.807, 2.05) is 22.9 Å². The average molecular weight is 351 g/mol. The molecular weight excluding hydrogens is 330 g/mol. The Balaban J connectivity index is 1.51. The molecule has 0 radical (unpaired) electrons. The molecule has 0 atom stereocenters. The maximum Gasteiger partial charge on any atom is 0.256 e. The fraction of sp³-hybridized carbons (Fsp3) is 0.368. The summed E-state index contributed by atoms with van der Waals surface area (Å²) in [5.74, 6) is 0.353. The van der Waals surface area contributed by atoms with Crippen molar-refractivity contribution in [3.63, 3.8) is 0 Å². The number of rotatable bonds is 5. The predicted molar refractivity (Wildman–Crippen MR) is 95.7 cm³/mol. The van der Waals surface area contributed by atoms with Crippen LogP contribution in [0.15, 0.2) is 35.1 Å². The van der Waals surface area contributed by atoms with E-state index in [2.05, 4.69) is 15.5 Å². The molecule has 3 aromatic heterocycles. The number of hydrogen-bond donors (Lipinski definition) is 1. The van der Waals surface area contributed by atoms with E-state index in [1.165, 1.54) is 30.3 Å². The van der Waals surface area contributed by atoms with Crippen molar-refractivity contribution in [1.29, 1.82) is 0 Å². The van der Waals surface area contributed by atoms with Gasteiger partial charge < -0.3 is 9.84 Å². The second-order valence-corrected chi connectivity index (χ2v) is 6.47. The molecule has 0 aliphatic heterocycles. The Morgan fingerprint density at radius 1 is 1.31 bits per heavy atom. The van der Waals surface area contributed by atoms with Gasteiger partial charge in [-0.2, -0.15) is 5.10 Å². The Hall–Kier alpha value is -2.96. The third kappa shape index (κ3) is 3.12. The lowest BCUT2D eigenvalue weighted by molar-refractivity contribution is 0.0950. The van der Waals surface area contributed by atoms with E-state index >= 15 is 0 Å². The monoisotopic (exact) mass is 351 g/mol. The van der Waals surface area contributed by atoms with Crippen LogP contribution in [-0.4, -0.2) is 32.4 Å². The third-order valence-corrected chi connectivity index (χ3v) is 4.77. The van der Waals surface area contributed by atoms with Crippen molar-refractivity contribution < 1.29 is 9.32 Å². The van der Waals surface area contributed by atoms with Crippen molar-refractivity contribution in [3.8, 4) is 11.4 Å². The van der Waals surface area contributed by atoms with E-state index in [1.54, 1.807) is 13.1 Å². The molecule has 0 saturated heterocycles. The molecule has 3 heterocycles. The molecule has 1 amide bonds. The zero-order valence-electron chi connectivity index (χ0n) is 14.7. The van der Waals surface area contributed by atoms with Crippen LogP contribution in [0.25, 0.3) is 11.4 Å². The Morgan fingerprint density at radius 2 is 2.19 bits per heavy atom. The van der Waals surface area contributed by atoms with Crippen LogP contribution < -0.4 is 5.32 Å². The highest BCUT2D eigenvalue weighted by Gasteiger charge is 2.22. The highest BCUT2D eigenvalue weighted by Crippen LogP contribution is 2.30. The summed E-state index contributed by atoms with van der Waals surface area (Å²) in [4.78, 5) is 16.6. The molecule has 1 N–H and O–H groups in total. The van der Waals surface area contributed by atoms with Crippen LogP contribution in [0, 0.1) is 6.92 Å². The molecule has 7 nitrogen and oxygen atoms in total. The number of hydrogen-bond acceptors (Lipinski definition) is 5. The molecule has 0 unspecified atom stereocenters. The molecule has 134 valence electrons. The summed E-state index contributed by atoms with van der Waals surface area (Å²) < 4.78 is 6.97. The minimum atomic E-state index is -0.172. The van der Waals surface area contributed by atoms with Gasteiger partial charge in [0.05, 0.1) is 18.4 Å². The van der Waals surface area contributed by atoms with Crippen LogP contribution in [0.3, 0.4) is 0 Å². The number of amides is 1. The summed E-state index contributed by atoms with van der Waals surface area (Å²) in [6.45, 7) is 2.86. The predicted octanol–water partition coefficient (Wildman–Crippen LogP) is 2.55. The minimum Gasteiger partial charge on any atom is -0.361 e. The first-order valence-electron chi connectivity index (χ1n) is 8.93. The summed E-state index contributed by atoms with van der Waals surface area (Å²) >= 11 is 0. The van der Waals surface area contributed by atoms with Crippen molar-refractivity contribution in [2.45, 2.75) is 39.2 Å². The maximum atomic E-state index is 12.2. The first-order chi connectivity index (χ1) is 12.7. The van der Waals surface area contributed by atoms with Crippen LogP contribution in [0.1, 0.15) is 40.2 Å². The van der Waals surface area contributed by atoms with Crippen molar-refractivity contribution in [2.75, 3.05) is 6.54 Å². The van der Waals surface area contributed by atoms with Crippen LogP contribution in [0.5, 0.6) is 0 Å². The van der Waals surface area contributed by atoms with E-state index in [0.717, 1.165) is 24.2 Å². The molecule has 3 aromatic rings. The Kier molecular flexibility index (Phi) is 4.51. The van der Waals surface area contributed by atoms with Gasteiger partial charge in [0.25, 0.3) is 5.91 Å². The van der Waals surface area contributed by atoms with Crippen LogP contribution in [-0.2, 0) is 19.4 Å². The number of nitrogens with one attached hydrogen (secondary N) is 1. The van der Waals surface area contributed by atoms with E-state index in [9.17, 15) is 4.79 Å². The molecule has 0 bridgehead atoms. The molecule has 0 aromatic carbocycles. The van der Waals surface area contributed by atoms with E-state index in [0.29, 0.717) is 24.4 Å². The maximum absolute atomic E-state index is 12.2. The second kappa shape index (κ2) is 7.11. The first kappa shape index (κ1) is 16.5.